The third-order valence-electron chi connectivity index (χ3n) is 2.58. The number of carbonyl (C=O) groups is 1. The lowest BCUT2D eigenvalue weighted by molar-refractivity contribution is -0.672. The molecule has 0 bridgehead atoms. The molecule has 0 fully saturated rings. The molecule has 0 spiro atoms. The maximum atomic E-state index is 11.6. The summed E-state index contributed by atoms with van der Waals surface area (Å²) in [6.45, 7) is 0. The highest BCUT2D eigenvalue weighted by Crippen LogP contribution is 2.12. The van der Waals surface area contributed by atoms with E-state index >= 15 is 0 Å². The molecule has 0 aliphatic rings. The number of hydrogen-bond acceptors (Lipinski definition) is 5. The number of halogens is 1. The number of benzene rings is 1. The molecule has 2 rings (SSSR count). The van der Waals surface area contributed by atoms with Gasteiger partial charge in [-0.2, -0.15) is 9.67 Å². The van der Waals surface area contributed by atoms with Crippen LogP contribution < -0.4 is 27.1 Å². The normalized spacial score (nSPS) is 10.0. The van der Waals surface area contributed by atoms with E-state index < -0.39 is 0 Å². The van der Waals surface area contributed by atoms with Gasteiger partial charge in [0.2, 0.25) is 0 Å². The minimum absolute atomic E-state index is 0. The van der Waals surface area contributed by atoms with Gasteiger partial charge >= 0.3 is 5.24 Å². The summed E-state index contributed by atoms with van der Waals surface area (Å²) in [4.78, 5) is 11.6. The Morgan fingerprint density at radius 2 is 2.00 bits per heavy atom. The number of rotatable bonds is 4. The number of hydrazone groups is 1. The first kappa shape index (κ1) is 17.8. The van der Waals surface area contributed by atoms with Crippen molar-refractivity contribution in [1.29, 1.82) is 0 Å². The van der Waals surface area contributed by atoms with Crippen molar-refractivity contribution >= 4 is 29.1 Å². The van der Waals surface area contributed by atoms with E-state index in [0.717, 1.165) is 17.6 Å². The molecule has 116 valence electrons. The maximum Gasteiger partial charge on any atom is 0.319 e. The third kappa shape index (κ3) is 5.27. The lowest BCUT2D eigenvalue weighted by atomic mass is 10.3. The third-order valence-corrected chi connectivity index (χ3v) is 3.20. The lowest BCUT2D eigenvalue weighted by Crippen LogP contribution is -3.00. The van der Waals surface area contributed by atoms with E-state index in [2.05, 4.69) is 15.2 Å². The summed E-state index contributed by atoms with van der Waals surface area (Å²) < 4.78 is 4.59. The van der Waals surface area contributed by atoms with Gasteiger partial charge in [0.1, 0.15) is 13.3 Å². The van der Waals surface area contributed by atoms with Gasteiger partial charge in [0.15, 0.2) is 11.9 Å². The summed E-state index contributed by atoms with van der Waals surface area (Å²) in [5.41, 5.74) is 3.69. The first-order valence-corrected chi connectivity index (χ1v) is 6.97. The summed E-state index contributed by atoms with van der Waals surface area (Å²) in [6.07, 6.45) is 3.16. The van der Waals surface area contributed by atoms with Crippen LogP contribution in [0.2, 0.25) is 0 Å². The van der Waals surface area contributed by atoms with Crippen molar-refractivity contribution in [1.82, 2.24) is 5.43 Å². The second-order valence-electron chi connectivity index (χ2n) is 4.12. The number of para-hydroxylation sites is 1. The van der Waals surface area contributed by atoms with Crippen LogP contribution in [0.4, 0.5) is 10.5 Å². The van der Waals surface area contributed by atoms with Gasteiger partial charge in [-0.15, -0.1) is 0 Å². The molecule has 0 saturated heterocycles. The van der Waals surface area contributed by atoms with Crippen molar-refractivity contribution in [2.24, 2.45) is 12.1 Å². The van der Waals surface area contributed by atoms with Crippen molar-refractivity contribution in [3.63, 3.8) is 0 Å². The number of amides is 1. The molecule has 1 amide bonds. The molecule has 3 N–H and O–H groups in total. The van der Waals surface area contributed by atoms with Gasteiger partial charge in [-0.05, 0) is 18.2 Å². The van der Waals surface area contributed by atoms with Gasteiger partial charge < -0.3 is 22.2 Å². The predicted octanol–water partition coefficient (Wildman–Crippen LogP) is -0.975. The largest absolute Gasteiger partial charge is 1.00 e. The van der Waals surface area contributed by atoms with Crippen LogP contribution in [0.5, 0.6) is 5.75 Å². The Morgan fingerprint density at radius 1 is 1.27 bits per heavy atom. The molecule has 0 unspecified atom stereocenters. The highest BCUT2D eigenvalue weighted by atomic mass is 35.5. The second-order valence-corrected chi connectivity index (χ2v) is 4.90. The van der Waals surface area contributed by atoms with Gasteiger partial charge in [0.05, 0.1) is 0 Å². The molecule has 0 saturated carbocycles. The zero-order chi connectivity index (χ0) is 15.1. The van der Waals surface area contributed by atoms with Crippen LogP contribution in [0, 0.1) is 0 Å². The van der Waals surface area contributed by atoms with Crippen LogP contribution in [0.3, 0.4) is 0 Å². The summed E-state index contributed by atoms with van der Waals surface area (Å²) in [5, 5.41) is 13.1. The summed E-state index contributed by atoms with van der Waals surface area (Å²) in [7, 11) is 1.77. The molecular weight excluding hydrogens is 324 g/mol. The molecule has 1 aromatic carbocycles. The van der Waals surface area contributed by atoms with Crippen LogP contribution in [0.15, 0.2) is 53.8 Å². The van der Waals surface area contributed by atoms with Gasteiger partial charge in [0, 0.05) is 23.7 Å². The Balaban J connectivity index is 0.00000242. The molecular formula is C14H15ClN4O2S. The van der Waals surface area contributed by atoms with Crippen LogP contribution >= 0.6 is 11.9 Å². The molecule has 0 aliphatic carbocycles. The Morgan fingerprint density at radius 3 is 2.68 bits per heavy atom. The fraction of sp³-hybridized carbons (Fsp3) is 0.0714. The number of pyridine rings is 1. The second kappa shape index (κ2) is 8.91. The first-order valence-electron chi connectivity index (χ1n) is 6.15. The van der Waals surface area contributed by atoms with Crippen molar-refractivity contribution in [3.8, 4) is 5.75 Å². The number of nitrogens with one attached hydrogen (secondary N) is 2. The number of aromatic nitrogens is 1. The van der Waals surface area contributed by atoms with Gasteiger partial charge in [-0.3, -0.25) is 4.79 Å². The monoisotopic (exact) mass is 338 g/mol. The van der Waals surface area contributed by atoms with Gasteiger partial charge in [-0.1, -0.05) is 18.2 Å². The van der Waals surface area contributed by atoms with Crippen molar-refractivity contribution in [2.45, 2.75) is 0 Å². The average Bonchev–Trinajstić information content (AvgIpc) is 2.49. The van der Waals surface area contributed by atoms with E-state index in [9.17, 15) is 9.90 Å². The van der Waals surface area contributed by atoms with E-state index in [0.29, 0.717) is 5.69 Å². The topological polar surface area (TPSA) is 77.6 Å². The fourth-order valence-corrected chi connectivity index (χ4v) is 1.99. The molecule has 0 radical (unpaired) electrons. The number of nitrogens with zero attached hydrogens (tertiary/aromatic N) is 2. The molecule has 8 heteroatoms. The quantitative estimate of drug-likeness (QED) is 0.290. The minimum atomic E-state index is -0.354. The minimum Gasteiger partial charge on any atom is -1.00 e. The highest BCUT2D eigenvalue weighted by molar-refractivity contribution is 8.14. The molecule has 6 nitrogen and oxygen atoms in total. The molecule has 0 atom stereocenters. The van der Waals surface area contributed by atoms with Crippen molar-refractivity contribution in [2.75, 3.05) is 4.72 Å². The van der Waals surface area contributed by atoms with Crippen molar-refractivity contribution < 1.29 is 26.9 Å². The summed E-state index contributed by atoms with van der Waals surface area (Å²) >= 11 is 0.890. The van der Waals surface area contributed by atoms with E-state index in [1.165, 1.54) is 6.21 Å². The highest BCUT2D eigenvalue weighted by Gasteiger charge is 2.09. The molecule has 22 heavy (non-hydrogen) atoms. The van der Waals surface area contributed by atoms with Gasteiger partial charge in [-0.25, -0.2) is 5.43 Å². The summed E-state index contributed by atoms with van der Waals surface area (Å²) in [6, 6.07) is 12.6. The zero-order valence-corrected chi connectivity index (χ0v) is 13.3. The number of carbonyl (C=O) groups excluding carboxylic acids is 1. The smallest absolute Gasteiger partial charge is 0.319 e. The van der Waals surface area contributed by atoms with E-state index in [-0.39, 0.29) is 23.4 Å². The Kier molecular flexibility index (Phi) is 7.21. The number of aryl methyl sites for hydroxylation is 1. The van der Waals surface area contributed by atoms with Crippen LogP contribution in [-0.2, 0) is 7.05 Å². The molecule has 0 aliphatic heterocycles. The Labute approximate surface area is 138 Å². The molecule has 1 heterocycles. The lowest BCUT2D eigenvalue weighted by Gasteiger charge is -2.02. The Bertz CT molecular complexity index is 632. The van der Waals surface area contributed by atoms with E-state index in [1.54, 1.807) is 29.9 Å². The van der Waals surface area contributed by atoms with E-state index in [1.807, 2.05) is 30.3 Å². The van der Waals surface area contributed by atoms with E-state index in [4.69, 9.17) is 0 Å². The van der Waals surface area contributed by atoms with Crippen LogP contribution in [0.25, 0.3) is 0 Å². The number of anilines is 1. The van der Waals surface area contributed by atoms with Gasteiger partial charge in [0.25, 0.3) is 5.69 Å². The SMILES string of the molecule is C[n+]1cccc(O)c1/C=N/NC(=O)SNc1ccccc1.[Cl-]. The first-order chi connectivity index (χ1) is 10.2. The Hall–Kier alpha value is -2.25. The number of hydrogen-bond donors (Lipinski definition) is 3. The maximum absolute atomic E-state index is 11.6. The predicted molar refractivity (Wildman–Crippen MR) is 83.1 cm³/mol. The van der Waals surface area contributed by atoms with Crippen molar-refractivity contribution in [3.05, 3.63) is 54.4 Å². The zero-order valence-electron chi connectivity index (χ0n) is 11.7. The summed E-state index contributed by atoms with van der Waals surface area (Å²) in [5.74, 6) is 0.0908. The number of aromatic hydroxyl groups is 1. The molecule has 1 aromatic heterocycles. The van der Waals surface area contributed by atoms with Crippen LogP contribution in [-0.4, -0.2) is 16.6 Å². The molecule has 2 aromatic rings. The average molecular weight is 339 g/mol. The standard InChI is InChI=1S/C14H14N4O2S.ClH/c1-18-9-5-8-13(19)12(18)10-15-16-14(20)21-17-11-6-3-2-4-7-11;/h2-10,17,19H,1H3;1H. The fourth-order valence-electron chi connectivity index (χ4n) is 1.55. The van der Waals surface area contributed by atoms with Crippen LogP contribution in [0.1, 0.15) is 5.69 Å².